The standard InChI is InChI=1S/CH2O3.2H2O.2Zn/c2-1(3)4;;;;/h(H2,2,3,4);2*1H2;;/q;;;2*+2/p-3. The van der Waals surface area contributed by atoms with E-state index in [9.17, 15) is 0 Å². The smallest absolute Gasteiger partial charge is 0.870 e. The number of rotatable bonds is 0. The number of carbonyl (C=O) groups excluding carboxylic acids is 1. The molecule has 0 atom stereocenters. The third-order valence-corrected chi connectivity index (χ3v) is 0. The molecule has 0 aliphatic heterocycles. The summed E-state index contributed by atoms with van der Waals surface area (Å²) in [4.78, 5) is 8.33. The van der Waals surface area contributed by atoms with Crippen molar-refractivity contribution in [2.75, 3.05) is 0 Å². The van der Waals surface area contributed by atoms with Crippen molar-refractivity contribution in [3.63, 3.8) is 0 Å². The average molecular weight is 226 g/mol. The normalized spacial score (nSPS) is 3.00. The van der Waals surface area contributed by atoms with Crippen LogP contribution >= 0.6 is 0 Å². The van der Waals surface area contributed by atoms with E-state index in [-0.39, 0.29) is 49.9 Å². The van der Waals surface area contributed by atoms with Gasteiger partial charge in [-0.05, 0) is 6.16 Å². The summed E-state index contributed by atoms with van der Waals surface area (Å²) in [5.41, 5.74) is 0. The predicted molar refractivity (Wildman–Crippen MR) is 10.9 cm³/mol. The van der Waals surface area contributed by atoms with E-state index >= 15 is 0 Å². The summed E-state index contributed by atoms with van der Waals surface area (Å²) in [6.07, 6.45) is -2.33. The van der Waals surface area contributed by atoms with E-state index in [1.807, 2.05) is 0 Å². The van der Waals surface area contributed by atoms with Crippen molar-refractivity contribution in [2.45, 2.75) is 0 Å². The summed E-state index contributed by atoms with van der Waals surface area (Å²) in [6.45, 7) is 0. The van der Waals surface area contributed by atoms with E-state index in [0.717, 1.165) is 0 Å². The second-order valence-corrected chi connectivity index (χ2v) is 0.250. The molecule has 3 N–H and O–H groups in total. The largest absolute Gasteiger partial charge is 2.00 e. The van der Waals surface area contributed by atoms with Crippen LogP contribution in [0.15, 0.2) is 0 Å². The fourth-order valence-corrected chi connectivity index (χ4v) is 0. The maximum Gasteiger partial charge on any atom is 2.00 e. The minimum Gasteiger partial charge on any atom is -0.870 e. The Morgan fingerprint density at radius 1 is 1.12 bits per heavy atom. The van der Waals surface area contributed by atoms with Gasteiger partial charge in [0.05, 0.1) is 0 Å². The third-order valence-electron chi connectivity index (χ3n) is 0. The summed E-state index contributed by atoms with van der Waals surface area (Å²) in [5.74, 6) is 0. The Labute approximate surface area is 71.2 Å². The fraction of sp³-hybridized carbons (Fsp3) is 0. The first kappa shape index (κ1) is 39.5. The van der Waals surface area contributed by atoms with Crippen molar-refractivity contribution in [3.8, 4) is 0 Å². The molecule has 0 radical (unpaired) electrons. The molecular formula is CH3O5Zn2+. The van der Waals surface area contributed by atoms with Gasteiger partial charge in [-0.25, -0.2) is 0 Å². The number of carboxylic acid groups (broad SMARTS) is 2. The van der Waals surface area contributed by atoms with Crippen LogP contribution in [0.1, 0.15) is 0 Å². The molecule has 0 aliphatic carbocycles. The summed E-state index contributed by atoms with van der Waals surface area (Å²) in [7, 11) is 0. The average Bonchev–Trinajstić information content (AvgIpc) is 0.811. The molecule has 0 aromatic rings. The quantitative estimate of drug-likeness (QED) is 0.398. The van der Waals surface area contributed by atoms with Gasteiger partial charge in [-0.15, -0.1) is 0 Å². The predicted octanol–water partition coefficient (Wildman–Crippen LogP) is -3.45. The van der Waals surface area contributed by atoms with E-state index in [0.29, 0.717) is 0 Å². The Kier molecular flexibility index (Phi) is 129. The van der Waals surface area contributed by atoms with Crippen molar-refractivity contribution in [1.82, 2.24) is 0 Å². The van der Waals surface area contributed by atoms with Crippen molar-refractivity contribution in [3.05, 3.63) is 0 Å². The van der Waals surface area contributed by atoms with E-state index < -0.39 is 6.16 Å². The Hall–Kier alpha value is 0.437. The Morgan fingerprint density at radius 2 is 1.12 bits per heavy atom. The second kappa shape index (κ2) is 26.1. The van der Waals surface area contributed by atoms with Crippen LogP contribution < -0.4 is 10.2 Å². The molecule has 0 rings (SSSR count). The van der Waals surface area contributed by atoms with Crippen LogP contribution in [-0.4, -0.2) is 17.1 Å². The molecule has 0 aromatic heterocycles. The van der Waals surface area contributed by atoms with Gasteiger partial charge in [0.15, 0.2) is 0 Å². The van der Waals surface area contributed by atoms with Crippen LogP contribution in [0.25, 0.3) is 0 Å². The zero-order chi connectivity index (χ0) is 3.58. The second-order valence-electron chi connectivity index (χ2n) is 0.250. The molecule has 0 aliphatic rings. The molecule has 40 valence electrons. The first-order valence-electron chi connectivity index (χ1n) is 0.612. The fourth-order valence-electron chi connectivity index (χ4n) is 0. The van der Waals surface area contributed by atoms with E-state index in [1.165, 1.54) is 0 Å². The monoisotopic (exact) mass is 223 g/mol. The number of hydrogen-bond donors (Lipinski definition) is 0. The minimum absolute atomic E-state index is 0. The van der Waals surface area contributed by atoms with Crippen LogP contribution in [0, 0.1) is 0 Å². The Balaban J connectivity index is -0.00000000750. The molecule has 0 heterocycles. The van der Waals surface area contributed by atoms with E-state index in [2.05, 4.69) is 0 Å². The SMILES string of the molecule is O.O=C([O-])[O-].[OH-].[Zn+2].[Zn+2]. The van der Waals surface area contributed by atoms with E-state index in [4.69, 9.17) is 15.0 Å². The van der Waals surface area contributed by atoms with Gasteiger partial charge in [0.2, 0.25) is 0 Å². The number of hydrogen-bond acceptors (Lipinski definition) is 4. The van der Waals surface area contributed by atoms with Gasteiger partial charge in [-0.1, -0.05) is 0 Å². The summed E-state index contributed by atoms with van der Waals surface area (Å²) >= 11 is 0. The van der Waals surface area contributed by atoms with Crippen molar-refractivity contribution >= 4 is 6.16 Å². The molecule has 5 nitrogen and oxygen atoms in total. The molecule has 0 amide bonds. The molecule has 8 heavy (non-hydrogen) atoms. The molecular weight excluding hydrogens is 223 g/mol. The van der Waals surface area contributed by atoms with Gasteiger partial charge in [-0.2, -0.15) is 0 Å². The molecule has 0 spiro atoms. The van der Waals surface area contributed by atoms with Crippen LogP contribution in [0.5, 0.6) is 0 Å². The van der Waals surface area contributed by atoms with Gasteiger partial charge < -0.3 is 26.0 Å². The van der Waals surface area contributed by atoms with Gasteiger partial charge in [0.25, 0.3) is 0 Å². The van der Waals surface area contributed by atoms with Gasteiger partial charge in [0, 0.05) is 0 Å². The Bertz CT molecular complexity index is 33.4. The van der Waals surface area contributed by atoms with E-state index in [1.54, 1.807) is 0 Å². The molecule has 0 saturated carbocycles. The molecule has 0 saturated heterocycles. The zero-order valence-corrected chi connectivity index (χ0v) is 10.0. The van der Waals surface area contributed by atoms with Crippen molar-refractivity contribution < 1.29 is 64.9 Å². The third kappa shape index (κ3) is 997. The topological polar surface area (TPSA) is 125 Å². The van der Waals surface area contributed by atoms with Gasteiger partial charge in [-0.3, -0.25) is 0 Å². The van der Waals surface area contributed by atoms with Crippen LogP contribution in [0.3, 0.4) is 0 Å². The van der Waals surface area contributed by atoms with Gasteiger partial charge in [0.1, 0.15) is 0 Å². The Morgan fingerprint density at radius 3 is 1.12 bits per heavy atom. The van der Waals surface area contributed by atoms with Crippen molar-refractivity contribution in [2.24, 2.45) is 0 Å². The van der Waals surface area contributed by atoms with Crippen molar-refractivity contribution in [1.29, 1.82) is 0 Å². The molecule has 0 unspecified atom stereocenters. The molecule has 0 fully saturated rings. The van der Waals surface area contributed by atoms with Crippen LogP contribution in [0.2, 0.25) is 0 Å². The molecule has 7 heteroatoms. The first-order valence-corrected chi connectivity index (χ1v) is 0.612. The first-order chi connectivity index (χ1) is 1.73. The maximum atomic E-state index is 8.33. The zero-order valence-electron chi connectivity index (χ0n) is 4.09. The van der Waals surface area contributed by atoms with Gasteiger partial charge >= 0.3 is 39.0 Å². The number of carbonyl (C=O) groups is 1. The minimum atomic E-state index is -2.33. The maximum absolute atomic E-state index is 8.33. The summed E-state index contributed by atoms with van der Waals surface area (Å²) in [6, 6.07) is 0. The van der Waals surface area contributed by atoms with Crippen LogP contribution in [-0.2, 0) is 39.0 Å². The molecule has 0 bridgehead atoms. The summed E-state index contributed by atoms with van der Waals surface area (Å²) in [5, 5.41) is 16.7. The summed E-state index contributed by atoms with van der Waals surface area (Å²) < 4.78 is 0. The molecule has 0 aromatic carbocycles. The van der Waals surface area contributed by atoms with Crippen LogP contribution in [0.4, 0.5) is 4.79 Å².